The predicted octanol–water partition coefficient (Wildman–Crippen LogP) is 2.18. The fourth-order valence-electron chi connectivity index (χ4n) is 3.20. The van der Waals surface area contributed by atoms with Gasteiger partial charge in [-0.1, -0.05) is 18.2 Å². The van der Waals surface area contributed by atoms with Crippen LogP contribution in [-0.2, 0) is 30.0 Å². The largest absolute Gasteiger partial charge is 0.462 e. The van der Waals surface area contributed by atoms with Gasteiger partial charge in [0, 0.05) is 13.0 Å². The van der Waals surface area contributed by atoms with Crippen LogP contribution in [0.5, 0.6) is 5.75 Å². The molecule has 0 fully saturated rings. The Morgan fingerprint density at radius 2 is 2.00 bits per heavy atom. The number of hydrogen-bond acceptors (Lipinski definition) is 11. The molecule has 3 aromatic rings. The van der Waals surface area contributed by atoms with Gasteiger partial charge >= 0.3 is 19.9 Å². The molecule has 3 rings (SSSR count). The van der Waals surface area contributed by atoms with Crippen molar-refractivity contribution in [1.82, 2.24) is 24.6 Å². The first kappa shape index (κ1) is 27.6. The van der Waals surface area contributed by atoms with Gasteiger partial charge in [0.05, 0.1) is 29.4 Å². The summed E-state index contributed by atoms with van der Waals surface area (Å²) in [5.74, 6) is -0.757. The molecule has 4 N–H and O–H groups in total. The number of fused-ring (bicyclic) bond motifs is 1. The van der Waals surface area contributed by atoms with E-state index in [0.29, 0.717) is 11.2 Å². The van der Waals surface area contributed by atoms with E-state index in [1.807, 2.05) is 0 Å². The fraction of sp³-hybridized carbons (Fsp3) is 0.364. The summed E-state index contributed by atoms with van der Waals surface area (Å²) in [6.07, 6.45) is 2.93. The molecule has 0 aliphatic heterocycles. The number of esters is 1. The number of ether oxygens (including phenoxy) is 1. The highest BCUT2D eigenvalue weighted by molar-refractivity contribution is 7.52. The minimum Gasteiger partial charge on any atom is -0.462 e. The third-order valence-electron chi connectivity index (χ3n) is 4.83. The Balaban J connectivity index is 1.80. The molecule has 1 unspecified atom stereocenters. The van der Waals surface area contributed by atoms with Crippen molar-refractivity contribution in [3.8, 4) is 5.75 Å². The standard InChI is InChI=1S/C22H27N8O6P/c1-15(2)35-22(32)18(9-8-16(31)12-28-24)29-37(33,36-17-6-4-3-5-7-17)34-11-10-30-14-27-19-20(23)25-13-26-21(19)30/h3-7,12-15,18,23H,8-11H2,1-2H3,(H2-,24,29,31,33)/p+1/t18-,37?/m0/s1. The second-order valence-corrected chi connectivity index (χ2v) is 9.73. The summed E-state index contributed by atoms with van der Waals surface area (Å²) in [6.45, 7) is 3.38. The number of nitrogens with one attached hydrogen (secondary N) is 2. The summed E-state index contributed by atoms with van der Waals surface area (Å²) >= 11 is 0. The van der Waals surface area contributed by atoms with E-state index in [4.69, 9.17) is 25.0 Å². The normalized spacial score (nSPS) is 13.5. The van der Waals surface area contributed by atoms with Gasteiger partial charge in [-0.05, 0) is 32.4 Å². The lowest BCUT2D eigenvalue weighted by atomic mass is 10.1. The third-order valence-corrected chi connectivity index (χ3v) is 6.43. The Morgan fingerprint density at radius 1 is 1.24 bits per heavy atom. The van der Waals surface area contributed by atoms with E-state index in [1.165, 1.54) is 12.7 Å². The molecule has 0 bridgehead atoms. The SMILES string of the molecule is CC(C)OC(=O)[C@H](CCC(=O)C=[N+]=N)NP(=O)(OCCn1cnc2c(N)ncnc21)Oc1ccccc1. The maximum absolute atomic E-state index is 13.8. The van der Waals surface area contributed by atoms with Crippen LogP contribution < -0.4 is 15.3 Å². The number of nitrogen functional groups attached to an aromatic ring is 1. The molecule has 14 nitrogen and oxygen atoms in total. The first-order valence-electron chi connectivity index (χ1n) is 11.3. The molecule has 0 amide bonds. The predicted molar refractivity (Wildman–Crippen MR) is 132 cm³/mol. The molecule has 0 spiro atoms. The monoisotopic (exact) mass is 531 g/mol. The van der Waals surface area contributed by atoms with Crippen molar-refractivity contribution in [3.63, 3.8) is 0 Å². The minimum atomic E-state index is -4.18. The van der Waals surface area contributed by atoms with E-state index in [2.05, 4.69) is 24.8 Å². The fourth-order valence-corrected chi connectivity index (χ4v) is 4.71. The first-order chi connectivity index (χ1) is 17.7. The number of ketones is 1. The van der Waals surface area contributed by atoms with E-state index in [9.17, 15) is 14.2 Å². The van der Waals surface area contributed by atoms with Crippen molar-refractivity contribution in [2.24, 2.45) is 0 Å². The molecular formula is C22H28N8O6P+. The highest BCUT2D eigenvalue weighted by Crippen LogP contribution is 2.45. The van der Waals surface area contributed by atoms with Crippen molar-refractivity contribution in [3.05, 3.63) is 43.0 Å². The lowest BCUT2D eigenvalue weighted by Gasteiger charge is -2.25. The van der Waals surface area contributed by atoms with Crippen LogP contribution in [0.4, 0.5) is 5.82 Å². The average molecular weight is 531 g/mol. The number of para-hydroxylation sites is 1. The van der Waals surface area contributed by atoms with Crippen LogP contribution in [0.15, 0.2) is 43.0 Å². The molecule has 37 heavy (non-hydrogen) atoms. The molecule has 0 radical (unpaired) electrons. The van der Waals surface area contributed by atoms with E-state index in [-0.39, 0.29) is 37.6 Å². The lowest BCUT2D eigenvalue weighted by molar-refractivity contribution is -0.149. The second kappa shape index (κ2) is 12.8. The molecular weight excluding hydrogens is 503 g/mol. The van der Waals surface area contributed by atoms with Crippen molar-refractivity contribution in [1.29, 1.82) is 5.53 Å². The number of aromatic nitrogens is 4. The molecule has 15 heteroatoms. The van der Waals surface area contributed by atoms with Gasteiger partial charge < -0.3 is 19.6 Å². The maximum Gasteiger partial charge on any atom is 0.459 e. The molecule has 0 saturated carbocycles. The van der Waals surface area contributed by atoms with Crippen molar-refractivity contribution in [2.45, 2.75) is 45.4 Å². The number of rotatable bonds is 14. The minimum absolute atomic E-state index is 0.0930. The average Bonchev–Trinajstić information content (AvgIpc) is 3.26. The van der Waals surface area contributed by atoms with Crippen LogP contribution >= 0.6 is 7.75 Å². The van der Waals surface area contributed by atoms with Crippen molar-refractivity contribution in [2.75, 3.05) is 12.3 Å². The lowest BCUT2D eigenvalue weighted by Crippen LogP contribution is -2.39. The van der Waals surface area contributed by atoms with Crippen LogP contribution in [-0.4, -0.2) is 61.0 Å². The van der Waals surface area contributed by atoms with E-state index in [1.54, 1.807) is 48.7 Å². The van der Waals surface area contributed by atoms with Crippen molar-refractivity contribution < 1.29 is 32.7 Å². The number of anilines is 1. The van der Waals surface area contributed by atoms with E-state index >= 15 is 0 Å². The van der Waals surface area contributed by atoms with Gasteiger partial charge in [-0.3, -0.25) is 14.1 Å². The van der Waals surface area contributed by atoms with Crippen molar-refractivity contribution >= 4 is 42.7 Å². The zero-order valence-electron chi connectivity index (χ0n) is 20.3. The Kier molecular flexibility index (Phi) is 9.58. The molecule has 0 aliphatic carbocycles. The molecule has 2 atom stereocenters. The number of carbonyl (C=O) groups is 2. The van der Waals surface area contributed by atoms with Crippen LogP contribution in [0.25, 0.3) is 11.2 Å². The van der Waals surface area contributed by atoms with Gasteiger partial charge in [0.2, 0.25) is 5.78 Å². The Hall–Kier alpha value is -3.96. The smallest absolute Gasteiger partial charge is 0.459 e. The Bertz CT molecular complexity index is 1330. The molecule has 196 valence electrons. The molecule has 2 aromatic heterocycles. The summed E-state index contributed by atoms with van der Waals surface area (Å²) < 4.78 is 32.1. The number of nitrogens with zero attached hydrogens (tertiary/aromatic N) is 5. The summed E-state index contributed by atoms with van der Waals surface area (Å²) in [7, 11) is -4.18. The van der Waals surface area contributed by atoms with Crippen LogP contribution in [0.1, 0.15) is 26.7 Å². The van der Waals surface area contributed by atoms with Gasteiger partial charge in [-0.25, -0.2) is 19.5 Å². The Labute approximate surface area is 212 Å². The van der Waals surface area contributed by atoms with E-state index < -0.39 is 31.6 Å². The Morgan fingerprint density at radius 3 is 2.70 bits per heavy atom. The third kappa shape index (κ3) is 8.02. The van der Waals surface area contributed by atoms with Gasteiger partial charge in [-0.2, -0.15) is 5.09 Å². The number of hydrogen-bond donors (Lipinski definition) is 3. The number of carbonyl (C=O) groups excluding carboxylic acids is 2. The summed E-state index contributed by atoms with van der Waals surface area (Å²) in [5, 5.41) is 2.63. The number of nitrogens with two attached hydrogens (primary N) is 1. The quantitative estimate of drug-likeness (QED) is 0.0905. The van der Waals surface area contributed by atoms with Gasteiger partial charge in [0.25, 0.3) is 0 Å². The molecule has 0 aliphatic rings. The number of imidazole rings is 1. The zero-order valence-corrected chi connectivity index (χ0v) is 21.2. The van der Waals surface area contributed by atoms with Crippen LogP contribution in [0.2, 0.25) is 0 Å². The zero-order chi connectivity index (χ0) is 26.8. The maximum atomic E-state index is 13.8. The van der Waals surface area contributed by atoms with E-state index in [0.717, 1.165) is 6.21 Å². The van der Waals surface area contributed by atoms with Gasteiger partial charge in [-0.15, -0.1) is 0 Å². The van der Waals surface area contributed by atoms with Gasteiger partial charge in [0.1, 0.15) is 23.6 Å². The highest BCUT2D eigenvalue weighted by atomic mass is 31.2. The second-order valence-electron chi connectivity index (χ2n) is 8.03. The van der Waals surface area contributed by atoms with Crippen LogP contribution in [0, 0.1) is 5.53 Å². The molecule has 0 saturated heterocycles. The highest BCUT2D eigenvalue weighted by Gasteiger charge is 2.35. The number of Topliss-reactive ketones (excluding diaryl/α,β-unsaturated/α-hetero) is 1. The molecule has 1 aromatic carbocycles. The van der Waals surface area contributed by atoms with Gasteiger partial charge in [0.15, 0.2) is 11.5 Å². The first-order valence-corrected chi connectivity index (χ1v) is 12.9. The summed E-state index contributed by atoms with van der Waals surface area (Å²) in [4.78, 5) is 39.8. The summed E-state index contributed by atoms with van der Waals surface area (Å²) in [6, 6.07) is 7.08. The van der Waals surface area contributed by atoms with Crippen LogP contribution in [0.3, 0.4) is 0 Å². The molecule has 2 heterocycles. The summed E-state index contributed by atoms with van der Waals surface area (Å²) in [5.41, 5.74) is 13.5. The topological polar surface area (TPSA) is 199 Å². The number of benzene rings is 1.